The second kappa shape index (κ2) is 6.59. The number of unbranched alkanes of at least 4 members (excludes halogenated alkanes) is 1. The summed E-state index contributed by atoms with van der Waals surface area (Å²) in [6.45, 7) is 1.48. The maximum atomic E-state index is 12.5. The van der Waals surface area contributed by atoms with E-state index >= 15 is 0 Å². The van der Waals surface area contributed by atoms with Crippen molar-refractivity contribution in [2.24, 2.45) is 0 Å². The lowest BCUT2D eigenvalue weighted by molar-refractivity contribution is -0.136. The van der Waals surface area contributed by atoms with E-state index in [2.05, 4.69) is 4.98 Å². The highest BCUT2D eigenvalue weighted by Gasteiger charge is 2.38. The Morgan fingerprint density at radius 2 is 2.00 bits per heavy atom. The van der Waals surface area contributed by atoms with Crippen LogP contribution in [0.3, 0.4) is 0 Å². The molecule has 0 unspecified atom stereocenters. The lowest BCUT2D eigenvalue weighted by atomic mass is 10.3. The highest BCUT2D eigenvalue weighted by Crippen LogP contribution is 2.31. The van der Waals surface area contributed by atoms with E-state index in [0.717, 1.165) is 0 Å². The minimum absolute atomic E-state index is 0.0106. The lowest BCUT2D eigenvalue weighted by Crippen LogP contribution is -2.39. The first-order valence-corrected chi connectivity index (χ1v) is 8.41. The van der Waals surface area contributed by atoms with Gasteiger partial charge in [0, 0.05) is 6.54 Å². The predicted octanol–water partition coefficient (Wildman–Crippen LogP) is 3.46. The van der Waals surface area contributed by atoms with Crippen molar-refractivity contribution in [3.8, 4) is 0 Å². The molecule has 4 nitrogen and oxygen atoms in total. The Balaban J connectivity index is 3.13. The van der Waals surface area contributed by atoms with E-state index in [1.165, 1.54) is 6.92 Å². The van der Waals surface area contributed by atoms with Crippen molar-refractivity contribution in [2.45, 2.75) is 37.1 Å². The van der Waals surface area contributed by atoms with Crippen LogP contribution >= 0.6 is 22.9 Å². The average molecular weight is 351 g/mol. The summed E-state index contributed by atoms with van der Waals surface area (Å²) in [5.74, 6) is 0. The van der Waals surface area contributed by atoms with E-state index in [1.807, 2.05) is 0 Å². The third kappa shape index (κ3) is 4.57. The molecule has 0 N–H and O–H groups in total. The number of rotatable bonds is 6. The van der Waals surface area contributed by atoms with Crippen molar-refractivity contribution in [3.63, 3.8) is 0 Å². The summed E-state index contributed by atoms with van der Waals surface area (Å²) in [7, 11) is -4.23. The van der Waals surface area contributed by atoms with Gasteiger partial charge in [-0.25, -0.2) is 13.4 Å². The maximum absolute atomic E-state index is 12.5. The highest BCUT2D eigenvalue weighted by molar-refractivity contribution is 7.91. The third-order valence-electron chi connectivity index (χ3n) is 2.42. The number of hydrogen-bond acceptors (Lipinski definition) is 4. The molecule has 1 aromatic rings. The second-order valence-corrected chi connectivity index (χ2v) is 7.86. The first kappa shape index (κ1) is 17.7. The number of thiazole rings is 1. The summed E-state index contributed by atoms with van der Waals surface area (Å²) in [4.78, 5) is 3.73. The molecular formula is C10H14ClF3N2O2S2. The van der Waals surface area contributed by atoms with Crippen LogP contribution in [0.5, 0.6) is 0 Å². The molecule has 0 atom stereocenters. The topological polar surface area (TPSA) is 50.3 Å². The second-order valence-electron chi connectivity index (χ2n) is 4.15. The van der Waals surface area contributed by atoms with Gasteiger partial charge in [0.25, 0.3) is 10.0 Å². The van der Waals surface area contributed by atoms with Crippen molar-refractivity contribution < 1.29 is 21.6 Å². The minimum atomic E-state index is -4.59. The van der Waals surface area contributed by atoms with Crippen LogP contribution < -0.4 is 0 Å². The van der Waals surface area contributed by atoms with Gasteiger partial charge in [-0.15, -0.1) is 0 Å². The number of nitrogens with zero attached hydrogens (tertiary/aromatic N) is 2. The molecule has 0 spiro atoms. The Hall–Kier alpha value is -0.380. The van der Waals surface area contributed by atoms with Gasteiger partial charge in [-0.1, -0.05) is 36.3 Å². The van der Waals surface area contributed by atoms with Crippen molar-refractivity contribution in [1.29, 1.82) is 0 Å². The van der Waals surface area contributed by atoms with Gasteiger partial charge in [-0.05, 0) is 13.3 Å². The maximum Gasteiger partial charge on any atom is 0.402 e. The molecule has 0 amide bonds. The Labute approximate surface area is 124 Å². The summed E-state index contributed by atoms with van der Waals surface area (Å²) < 4.78 is 62.4. The largest absolute Gasteiger partial charge is 0.402 e. The number of halogens is 4. The smallest absolute Gasteiger partial charge is 0.229 e. The predicted molar refractivity (Wildman–Crippen MR) is 71.6 cm³/mol. The first-order chi connectivity index (χ1) is 9.08. The Morgan fingerprint density at radius 1 is 1.40 bits per heavy atom. The molecule has 0 fully saturated rings. The van der Waals surface area contributed by atoms with Gasteiger partial charge < -0.3 is 0 Å². The molecule has 0 aliphatic rings. The number of aryl methyl sites for hydroxylation is 1. The average Bonchev–Trinajstić information content (AvgIpc) is 2.62. The molecule has 0 radical (unpaired) electrons. The fraction of sp³-hybridized carbons (Fsp3) is 0.700. The molecule has 0 bridgehead atoms. The van der Waals surface area contributed by atoms with Gasteiger partial charge in [-0.2, -0.15) is 17.5 Å². The fourth-order valence-corrected chi connectivity index (χ4v) is 4.86. The van der Waals surface area contributed by atoms with Crippen LogP contribution in [0.15, 0.2) is 4.21 Å². The van der Waals surface area contributed by atoms with Gasteiger partial charge in [0.05, 0.1) is 5.69 Å². The van der Waals surface area contributed by atoms with Crippen molar-refractivity contribution >= 4 is 33.0 Å². The quantitative estimate of drug-likeness (QED) is 0.789. The van der Waals surface area contributed by atoms with Crippen LogP contribution in [0.25, 0.3) is 0 Å². The van der Waals surface area contributed by atoms with Gasteiger partial charge >= 0.3 is 6.18 Å². The Kier molecular flexibility index (Phi) is 5.82. The molecule has 0 aromatic carbocycles. The first-order valence-electron chi connectivity index (χ1n) is 5.77. The van der Waals surface area contributed by atoms with Gasteiger partial charge in [0.2, 0.25) is 0 Å². The van der Waals surface area contributed by atoms with Crippen LogP contribution in [0.4, 0.5) is 13.2 Å². The van der Waals surface area contributed by atoms with Crippen LogP contribution in [-0.4, -0.2) is 37.0 Å². The Bertz CT molecular complexity index is 557. The van der Waals surface area contributed by atoms with Crippen LogP contribution in [0, 0.1) is 6.92 Å². The van der Waals surface area contributed by atoms with E-state index in [1.54, 1.807) is 6.92 Å². The summed E-state index contributed by atoms with van der Waals surface area (Å²) >= 11 is 6.28. The van der Waals surface area contributed by atoms with E-state index in [-0.39, 0.29) is 20.9 Å². The molecule has 0 aliphatic heterocycles. The van der Waals surface area contributed by atoms with Crippen LogP contribution in [0.2, 0.25) is 4.47 Å². The van der Waals surface area contributed by atoms with E-state index in [9.17, 15) is 21.6 Å². The normalized spacial score (nSPS) is 13.2. The SMILES string of the molecule is CCCCN(CC(F)(F)F)S(=O)(=O)c1sc(Cl)nc1C. The zero-order chi connectivity index (χ0) is 15.6. The van der Waals surface area contributed by atoms with E-state index in [0.29, 0.717) is 28.5 Å². The standard InChI is InChI=1S/C10H14ClF3N2O2S2/c1-3-4-5-16(6-10(12,13)14)20(17,18)8-7(2)15-9(11)19-8/h3-6H2,1-2H3. The molecule has 0 saturated heterocycles. The molecule has 1 aromatic heterocycles. The molecule has 1 rings (SSSR count). The van der Waals surface area contributed by atoms with Crippen molar-refractivity contribution in [3.05, 3.63) is 10.2 Å². The zero-order valence-electron chi connectivity index (χ0n) is 10.9. The van der Waals surface area contributed by atoms with Crippen LogP contribution in [-0.2, 0) is 10.0 Å². The van der Waals surface area contributed by atoms with Gasteiger partial charge in [0.15, 0.2) is 8.68 Å². The molecule has 1 heterocycles. The zero-order valence-corrected chi connectivity index (χ0v) is 13.3. The monoisotopic (exact) mass is 350 g/mol. The molecular weight excluding hydrogens is 337 g/mol. The number of alkyl halides is 3. The molecule has 0 aliphatic carbocycles. The summed E-state index contributed by atoms with van der Waals surface area (Å²) in [5.41, 5.74) is 0.115. The van der Waals surface area contributed by atoms with Crippen molar-refractivity contribution in [1.82, 2.24) is 9.29 Å². The highest BCUT2D eigenvalue weighted by atomic mass is 35.5. The summed E-state index contributed by atoms with van der Waals surface area (Å²) in [5, 5.41) is 0. The number of hydrogen-bond donors (Lipinski definition) is 0. The van der Waals surface area contributed by atoms with E-state index in [4.69, 9.17) is 11.6 Å². The van der Waals surface area contributed by atoms with Gasteiger partial charge in [0.1, 0.15) is 6.54 Å². The third-order valence-corrected chi connectivity index (χ3v) is 6.11. The summed E-state index contributed by atoms with van der Waals surface area (Å²) in [6.07, 6.45) is -3.66. The van der Waals surface area contributed by atoms with Crippen LogP contribution in [0.1, 0.15) is 25.5 Å². The van der Waals surface area contributed by atoms with Gasteiger partial charge in [-0.3, -0.25) is 0 Å². The molecule has 0 saturated carbocycles. The minimum Gasteiger partial charge on any atom is -0.229 e. The number of sulfonamides is 1. The van der Waals surface area contributed by atoms with E-state index < -0.39 is 22.7 Å². The lowest BCUT2D eigenvalue weighted by Gasteiger charge is -2.22. The Morgan fingerprint density at radius 3 is 2.40 bits per heavy atom. The molecule has 116 valence electrons. The number of aromatic nitrogens is 1. The summed E-state index contributed by atoms with van der Waals surface area (Å²) in [6, 6.07) is 0. The fourth-order valence-electron chi connectivity index (χ4n) is 1.53. The molecule has 20 heavy (non-hydrogen) atoms. The van der Waals surface area contributed by atoms with Crippen molar-refractivity contribution in [2.75, 3.05) is 13.1 Å². The molecule has 10 heteroatoms.